The van der Waals surface area contributed by atoms with Crippen LogP contribution >= 0.6 is 0 Å². The summed E-state index contributed by atoms with van der Waals surface area (Å²) < 4.78 is 5.28. The Morgan fingerprint density at radius 2 is 1.90 bits per heavy atom. The normalized spacial score (nSPS) is 24.4. The summed E-state index contributed by atoms with van der Waals surface area (Å²) in [6.45, 7) is 8.48. The highest BCUT2D eigenvalue weighted by molar-refractivity contribution is 5.95. The highest BCUT2D eigenvalue weighted by Gasteiger charge is 2.29. The summed E-state index contributed by atoms with van der Waals surface area (Å²) in [5.41, 5.74) is 0.731. The van der Waals surface area contributed by atoms with Crippen LogP contribution in [-0.4, -0.2) is 37.0 Å². The molecule has 1 aromatic carbocycles. The molecule has 0 spiro atoms. The first kappa shape index (κ1) is 15.8. The molecule has 2 rings (SSSR count). The van der Waals surface area contributed by atoms with E-state index in [1.165, 1.54) is 6.42 Å². The molecule has 21 heavy (non-hydrogen) atoms. The molecule has 1 amide bonds. The van der Waals surface area contributed by atoms with Gasteiger partial charge in [-0.1, -0.05) is 26.0 Å². The quantitative estimate of drug-likeness (QED) is 0.927. The van der Waals surface area contributed by atoms with Crippen molar-refractivity contribution in [3.05, 3.63) is 24.3 Å². The largest absolute Gasteiger partial charge is 0.495 e. The van der Waals surface area contributed by atoms with Gasteiger partial charge in [0.05, 0.1) is 18.8 Å². The van der Waals surface area contributed by atoms with Gasteiger partial charge >= 0.3 is 0 Å². The van der Waals surface area contributed by atoms with E-state index in [-0.39, 0.29) is 11.9 Å². The Labute approximate surface area is 127 Å². The lowest BCUT2D eigenvalue weighted by molar-refractivity contribution is -0.121. The third-order valence-corrected chi connectivity index (χ3v) is 4.19. The van der Waals surface area contributed by atoms with Crippen molar-refractivity contribution in [3.8, 4) is 5.75 Å². The van der Waals surface area contributed by atoms with Crippen molar-refractivity contribution in [1.82, 2.24) is 4.90 Å². The number of ether oxygens (including phenoxy) is 1. The van der Waals surface area contributed by atoms with Crippen LogP contribution in [0.5, 0.6) is 5.75 Å². The Balaban J connectivity index is 2.02. The van der Waals surface area contributed by atoms with Crippen LogP contribution in [0.4, 0.5) is 5.69 Å². The SMILES string of the molecule is COc1ccccc1NC(=O)[C@H](C)N1C[C@H](C)C[C@@H](C)C1. The molecule has 1 fully saturated rings. The minimum atomic E-state index is -0.125. The Kier molecular flexibility index (Phi) is 5.23. The van der Waals surface area contributed by atoms with Gasteiger partial charge in [-0.25, -0.2) is 0 Å². The van der Waals surface area contributed by atoms with Crippen LogP contribution in [0.3, 0.4) is 0 Å². The minimum absolute atomic E-state index is 0.0285. The van der Waals surface area contributed by atoms with Crippen LogP contribution in [0.15, 0.2) is 24.3 Å². The Bertz CT molecular complexity index is 479. The molecule has 0 saturated carbocycles. The van der Waals surface area contributed by atoms with E-state index in [2.05, 4.69) is 24.1 Å². The van der Waals surface area contributed by atoms with Crippen molar-refractivity contribution in [2.45, 2.75) is 33.2 Å². The monoisotopic (exact) mass is 290 g/mol. The predicted molar refractivity (Wildman–Crippen MR) is 85.6 cm³/mol. The number of methoxy groups -OCH3 is 1. The first-order chi connectivity index (χ1) is 10.0. The second kappa shape index (κ2) is 6.94. The molecule has 0 aromatic heterocycles. The molecule has 4 nitrogen and oxygen atoms in total. The van der Waals surface area contributed by atoms with Gasteiger partial charge in [0.15, 0.2) is 0 Å². The number of amides is 1. The number of carbonyl (C=O) groups excluding carboxylic acids is 1. The Hall–Kier alpha value is -1.55. The summed E-state index contributed by atoms with van der Waals surface area (Å²) in [5, 5.41) is 2.98. The fourth-order valence-electron chi connectivity index (χ4n) is 3.18. The van der Waals surface area contributed by atoms with Gasteiger partial charge in [0.1, 0.15) is 5.75 Å². The lowest BCUT2D eigenvalue weighted by Crippen LogP contribution is -2.48. The Morgan fingerprint density at radius 1 is 1.29 bits per heavy atom. The maximum atomic E-state index is 12.5. The van der Waals surface area contributed by atoms with Gasteiger partial charge < -0.3 is 10.1 Å². The standard InChI is InChI=1S/C17H26N2O2/c1-12-9-13(2)11-19(10-12)14(3)17(20)18-15-7-5-6-8-16(15)21-4/h5-8,12-14H,9-11H2,1-4H3,(H,18,20)/t12-,13-,14+/m1/s1. The fraction of sp³-hybridized carbons (Fsp3) is 0.588. The average molecular weight is 290 g/mol. The first-order valence-corrected chi connectivity index (χ1v) is 7.69. The van der Waals surface area contributed by atoms with E-state index in [0.717, 1.165) is 18.8 Å². The van der Waals surface area contributed by atoms with Gasteiger partial charge in [-0.05, 0) is 37.3 Å². The number of piperidine rings is 1. The van der Waals surface area contributed by atoms with Gasteiger partial charge in [0.2, 0.25) is 5.91 Å². The number of likely N-dealkylation sites (tertiary alicyclic amines) is 1. The van der Waals surface area contributed by atoms with Crippen LogP contribution in [-0.2, 0) is 4.79 Å². The number of carbonyl (C=O) groups is 1. The molecule has 3 atom stereocenters. The number of rotatable bonds is 4. The zero-order chi connectivity index (χ0) is 15.4. The number of nitrogens with one attached hydrogen (secondary N) is 1. The second-order valence-electron chi connectivity index (χ2n) is 6.27. The van der Waals surface area contributed by atoms with Gasteiger partial charge in [0.25, 0.3) is 0 Å². The van der Waals surface area contributed by atoms with E-state index < -0.39 is 0 Å². The van der Waals surface area contributed by atoms with Crippen molar-refractivity contribution in [1.29, 1.82) is 0 Å². The van der Waals surface area contributed by atoms with Crippen molar-refractivity contribution >= 4 is 11.6 Å². The number of anilines is 1. The number of hydrogen-bond donors (Lipinski definition) is 1. The third kappa shape index (κ3) is 3.97. The van der Waals surface area contributed by atoms with Crippen LogP contribution in [0.25, 0.3) is 0 Å². The molecule has 1 aliphatic heterocycles. The molecule has 4 heteroatoms. The molecule has 1 aliphatic rings. The minimum Gasteiger partial charge on any atom is -0.495 e. The van der Waals surface area contributed by atoms with Crippen molar-refractivity contribution in [2.24, 2.45) is 11.8 Å². The third-order valence-electron chi connectivity index (χ3n) is 4.19. The van der Waals surface area contributed by atoms with Gasteiger partial charge in [-0.15, -0.1) is 0 Å². The molecule has 1 saturated heterocycles. The summed E-state index contributed by atoms with van der Waals surface area (Å²) in [5.74, 6) is 2.02. The fourth-order valence-corrected chi connectivity index (χ4v) is 3.18. The summed E-state index contributed by atoms with van der Waals surface area (Å²) in [6.07, 6.45) is 1.25. The first-order valence-electron chi connectivity index (χ1n) is 7.69. The summed E-state index contributed by atoms with van der Waals surface area (Å²) in [7, 11) is 1.61. The van der Waals surface area contributed by atoms with Crippen molar-refractivity contribution in [2.75, 3.05) is 25.5 Å². The van der Waals surface area contributed by atoms with Crippen LogP contribution in [0.1, 0.15) is 27.2 Å². The second-order valence-corrected chi connectivity index (χ2v) is 6.27. The van der Waals surface area contributed by atoms with E-state index in [9.17, 15) is 4.79 Å². The van der Waals surface area contributed by atoms with Gasteiger partial charge in [0, 0.05) is 13.1 Å². The molecule has 0 aliphatic carbocycles. The molecular formula is C17H26N2O2. The van der Waals surface area contributed by atoms with Crippen molar-refractivity contribution < 1.29 is 9.53 Å². The molecule has 0 unspecified atom stereocenters. The van der Waals surface area contributed by atoms with E-state index >= 15 is 0 Å². The lowest BCUT2D eigenvalue weighted by Gasteiger charge is -2.38. The highest BCUT2D eigenvalue weighted by atomic mass is 16.5. The van der Waals surface area contributed by atoms with Crippen LogP contribution < -0.4 is 10.1 Å². The molecule has 1 aromatic rings. The Morgan fingerprint density at radius 3 is 2.52 bits per heavy atom. The maximum Gasteiger partial charge on any atom is 0.241 e. The number of nitrogens with zero attached hydrogens (tertiary/aromatic N) is 1. The maximum absolute atomic E-state index is 12.5. The molecular weight excluding hydrogens is 264 g/mol. The van der Waals surface area contributed by atoms with Crippen LogP contribution in [0, 0.1) is 11.8 Å². The summed E-state index contributed by atoms with van der Waals surface area (Å²) >= 11 is 0. The number of benzene rings is 1. The molecule has 116 valence electrons. The zero-order valence-corrected chi connectivity index (χ0v) is 13.4. The molecule has 1 heterocycles. The van der Waals surface area contributed by atoms with Gasteiger partial charge in [-0.2, -0.15) is 0 Å². The molecule has 1 N–H and O–H groups in total. The smallest absolute Gasteiger partial charge is 0.241 e. The van der Waals surface area contributed by atoms with E-state index in [1.54, 1.807) is 7.11 Å². The average Bonchev–Trinajstić information content (AvgIpc) is 2.46. The zero-order valence-electron chi connectivity index (χ0n) is 13.4. The lowest BCUT2D eigenvalue weighted by atomic mass is 9.91. The molecule has 0 radical (unpaired) electrons. The van der Waals surface area contributed by atoms with Crippen LogP contribution in [0.2, 0.25) is 0 Å². The van der Waals surface area contributed by atoms with E-state index in [0.29, 0.717) is 17.6 Å². The van der Waals surface area contributed by atoms with Gasteiger partial charge in [-0.3, -0.25) is 9.69 Å². The van der Waals surface area contributed by atoms with E-state index in [1.807, 2.05) is 31.2 Å². The number of para-hydroxylation sites is 2. The summed E-state index contributed by atoms with van der Waals surface area (Å²) in [4.78, 5) is 14.8. The highest BCUT2D eigenvalue weighted by Crippen LogP contribution is 2.25. The molecule has 0 bridgehead atoms. The topological polar surface area (TPSA) is 41.6 Å². The predicted octanol–water partition coefficient (Wildman–Crippen LogP) is 3.00. The van der Waals surface area contributed by atoms with E-state index in [4.69, 9.17) is 4.74 Å². The van der Waals surface area contributed by atoms with Crippen molar-refractivity contribution in [3.63, 3.8) is 0 Å². The number of hydrogen-bond acceptors (Lipinski definition) is 3. The summed E-state index contributed by atoms with van der Waals surface area (Å²) in [6, 6.07) is 7.39.